The van der Waals surface area contributed by atoms with E-state index >= 15 is 0 Å². The number of amides is 1. The van der Waals surface area contributed by atoms with Gasteiger partial charge >= 0.3 is 11.9 Å². The predicted molar refractivity (Wildman–Crippen MR) is 100 cm³/mol. The van der Waals surface area contributed by atoms with Gasteiger partial charge in [-0.3, -0.25) is 19.7 Å². The van der Waals surface area contributed by atoms with Gasteiger partial charge in [0.05, 0.1) is 12.1 Å². The van der Waals surface area contributed by atoms with E-state index in [-0.39, 0.29) is 25.5 Å². The molecule has 0 radical (unpaired) electrons. The lowest BCUT2D eigenvalue weighted by molar-refractivity contribution is -0.145. The Hall–Kier alpha value is -2.41. The van der Waals surface area contributed by atoms with Gasteiger partial charge in [-0.15, -0.1) is 0 Å². The summed E-state index contributed by atoms with van der Waals surface area (Å²) < 4.78 is 4.84. The highest BCUT2D eigenvalue weighted by Crippen LogP contribution is 2.29. The van der Waals surface area contributed by atoms with Crippen LogP contribution in [0, 0.1) is 0 Å². The second-order valence-electron chi connectivity index (χ2n) is 6.86. The van der Waals surface area contributed by atoms with Crippen LogP contribution in [0.4, 0.5) is 0 Å². The largest absolute Gasteiger partial charge is 0.480 e. The number of carbonyl (C=O) groups is 3. The fourth-order valence-corrected chi connectivity index (χ4v) is 3.51. The molecule has 1 amide bonds. The Balaban J connectivity index is 2.11. The lowest BCUT2D eigenvalue weighted by atomic mass is 9.80. The third kappa shape index (κ3) is 6.06. The molecule has 148 valence electrons. The molecule has 2 rings (SSSR count). The van der Waals surface area contributed by atoms with Crippen LogP contribution >= 0.6 is 0 Å². The zero-order valence-electron chi connectivity index (χ0n) is 15.7. The molecular formula is C20H28N2O5. The van der Waals surface area contributed by atoms with Gasteiger partial charge in [0.1, 0.15) is 12.6 Å². The van der Waals surface area contributed by atoms with E-state index in [4.69, 9.17) is 4.74 Å². The normalized spacial score (nSPS) is 16.9. The fraction of sp³-hybridized carbons (Fsp3) is 0.550. The summed E-state index contributed by atoms with van der Waals surface area (Å²) in [6.07, 6.45) is 4.03. The zero-order valence-corrected chi connectivity index (χ0v) is 15.7. The quantitative estimate of drug-likeness (QED) is 0.566. The molecule has 0 bridgehead atoms. The van der Waals surface area contributed by atoms with Crippen LogP contribution in [0.15, 0.2) is 30.3 Å². The third-order valence-electron chi connectivity index (χ3n) is 4.87. The van der Waals surface area contributed by atoms with Gasteiger partial charge in [-0.05, 0) is 31.7 Å². The van der Waals surface area contributed by atoms with Crippen molar-refractivity contribution in [3.05, 3.63) is 35.9 Å². The molecular weight excluding hydrogens is 348 g/mol. The minimum absolute atomic E-state index is 0.216. The van der Waals surface area contributed by atoms with E-state index in [1.165, 1.54) is 0 Å². The van der Waals surface area contributed by atoms with E-state index in [0.717, 1.165) is 24.8 Å². The van der Waals surface area contributed by atoms with Crippen molar-refractivity contribution in [2.24, 2.45) is 0 Å². The van der Waals surface area contributed by atoms with Crippen LogP contribution < -0.4 is 10.6 Å². The highest BCUT2D eigenvalue weighted by molar-refractivity contribution is 5.90. The Morgan fingerprint density at radius 1 is 1.15 bits per heavy atom. The van der Waals surface area contributed by atoms with Gasteiger partial charge in [0.25, 0.3) is 0 Å². The van der Waals surface area contributed by atoms with Crippen molar-refractivity contribution in [1.29, 1.82) is 0 Å². The Bertz CT molecular complexity index is 641. The molecule has 27 heavy (non-hydrogen) atoms. The van der Waals surface area contributed by atoms with Gasteiger partial charge in [0, 0.05) is 0 Å². The molecule has 0 aliphatic heterocycles. The maximum atomic E-state index is 12.9. The van der Waals surface area contributed by atoms with E-state index in [9.17, 15) is 19.5 Å². The van der Waals surface area contributed by atoms with Gasteiger partial charge in [-0.2, -0.15) is 0 Å². The third-order valence-corrected chi connectivity index (χ3v) is 4.87. The minimum Gasteiger partial charge on any atom is -0.480 e. The lowest BCUT2D eigenvalue weighted by Crippen LogP contribution is -2.63. The van der Waals surface area contributed by atoms with Gasteiger partial charge in [0.15, 0.2) is 0 Å². The number of rotatable bonds is 9. The molecule has 0 saturated heterocycles. The van der Waals surface area contributed by atoms with Crippen LogP contribution in [-0.2, 0) is 25.5 Å². The molecule has 0 aromatic heterocycles. The van der Waals surface area contributed by atoms with E-state index in [0.29, 0.717) is 12.8 Å². The highest BCUT2D eigenvalue weighted by atomic mass is 16.5. The van der Waals surface area contributed by atoms with Crippen molar-refractivity contribution in [3.63, 3.8) is 0 Å². The summed E-state index contributed by atoms with van der Waals surface area (Å²) in [4.78, 5) is 36.2. The molecule has 1 saturated carbocycles. The van der Waals surface area contributed by atoms with Gasteiger partial charge in [0.2, 0.25) is 5.91 Å². The summed E-state index contributed by atoms with van der Waals surface area (Å²) in [6, 6.07) is 8.43. The molecule has 1 aliphatic carbocycles. The molecule has 3 N–H and O–H groups in total. The second kappa shape index (κ2) is 10.1. The van der Waals surface area contributed by atoms with Crippen molar-refractivity contribution < 1.29 is 24.2 Å². The number of carboxylic acid groups (broad SMARTS) is 1. The Labute approximate surface area is 159 Å². The van der Waals surface area contributed by atoms with E-state index in [2.05, 4.69) is 10.6 Å². The van der Waals surface area contributed by atoms with E-state index in [1.807, 2.05) is 30.3 Å². The number of benzene rings is 1. The van der Waals surface area contributed by atoms with Crippen molar-refractivity contribution in [2.45, 2.75) is 57.0 Å². The topological polar surface area (TPSA) is 105 Å². The molecule has 0 spiro atoms. The number of carboxylic acids is 1. The number of esters is 1. The molecule has 1 aromatic rings. The van der Waals surface area contributed by atoms with Gasteiger partial charge in [-0.1, -0.05) is 49.6 Å². The molecule has 7 heteroatoms. The van der Waals surface area contributed by atoms with Crippen LogP contribution in [0.1, 0.15) is 44.6 Å². The Morgan fingerprint density at radius 3 is 2.41 bits per heavy atom. The summed E-state index contributed by atoms with van der Waals surface area (Å²) in [6.45, 7) is 1.73. The van der Waals surface area contributed by atoms with Crippen LogP contribution in [-0.4, -0.2) is 47.7 Å². The molecule has 0 unspecified atom stereocenters. The Kier molecular flexibility index (Phi) is 7.79. The minimum atomic E-state index is -0.998. The number of hydrogen-bond donors (Lipinski definition) is 3. The van der Waals surface area contributed by atoms with Crippen molar-refractivity contribution in [2.75, 3.05) is 13.2 Å². The highest BCUT2D eigenvalue weighted by Gasteiger charge is 2.42. The number of nitrogens with one attached hydrogen (secondary N) is 2. The average molecular weight is 376 g/mol. The van der Waals surface area contributed by atoms with Crippen LogP contribution in [0.5, 0.6) is 0 Å². The first-order valence-electron chi connectivity index (χ1n) is 9.45. The first-order chi connectivity index (χ1) is 13.0. The number of aliphatic carboxylic acids is 1. The Morgan fingerprint density at radius 2 is 1.81 bits per heavy atom. The summed E-state index contributed by atoms with van der Waals surface area (Å²) in [5.41, 5.74) is -0.0990. The van der Waals surface area contributed by atoms with E-state index < -0.39 is 23.5 Å². The number of ether oxygens (including phenoxy) is 1. The maximum Gasteiger partial charge on any atom is 0.325 e. The SMILES string of the molecule is CCOC(=O)CNC(=O)C1(N[C@@H](Cc2ccccc2)C(=O)O)CCCCC1. The monoisotopic (exact) mass is 376 g/mol. The maximum absolute atomic E-state index is 12.9. The molecule has 1 aliphatic rings. The van der Waals surface area contributed by atoms with Crippen molar-refractivity contribution in [1.82, 2.24) is 10.6 Å². The first kappa shape index (κ1) is 20.9. The molecule has 1 atom stereocenters. The summed E-state index contributed by atoms with van der Waals surface area (Å²) in [7, 11) is 0. The average Bonchev–Trinajstić information content (AvgIpc) is 2.67. The van der Waals surface area contributed by atoms with Crippen LogP contribution in [0.2, 0.25) is 0 Å². The van der Waals surface area contributed by atoms with Crippen LogP contribution in [0.25, 0.3) is 0 Å². The summed E-state index contributed by atoms with van der Waals surface area (Å²) >= 11 is 0. The smallest absolute Gasteiger partial charge is 0.325 e. The summed E-state index contributed by atoms with van der Waals surface area (Å²) in [5, 5.41) is 15.4. The molecule has 7 nitrogen and oxygen atoms in total. The lowest BCUT2D eigenvalue weighted by Gasteiger charge is -2.38. The second-order valence-corrected chi connectivity index (χ2v) is 6.86. The fourth-order valence-electron chi connectivity index (χ4n) is 3.51. The predicted octanol–water partition coefficient (Wildman–Crippen LogP) is 1.65. The molecule has 1 aromatic carbocycles. The first-order valence-corrected chi connectivity index (χ1v) is 9.45. The van der Waals surface area contributed by atoms with E-state index in [1.54, 1.807) is 6.92 Å². The molecule has 1 fully saturated rings. The standard InChI is InChI=1S/C20H28N2O5/c1-2-27-17(23)14-21-19(26)20(11-7-4-8-12-20)22-16(18(24)25)13-15-9-5-3-6-10-15/h3,5-6,9-10,16,22H,2,4,7-8,11-14H2,1H3,(H,21,26)(H,24,25)/t16-/m0/s1. The zero-order chi connectivity index (χ0) is 19.7. The van der Waals surface area contributed by atoms with Gasteiger partial charge in [-0.25, -0.2) is 0 Å². The van der Waals surface area contributed by atoms with Crippen LogP contribution in [0.3, 0.4) is 0 Å². The van der Waals surface area contributed by atoms with Crippen molar-refractivity contribution in [3.8, 4) is 0 Å². The number of hydrogen-bond acceptors (Lipinski definition) is 5. The van der Waals surface area contributed by atoms with Gasteiger partial charge < -0.3 is 15.2 Å². The van der Waals surface area contributed by atoms with Crippen molar-refractivity contribution >= 4 is 17.8 Å². The molecule has 0 heterocycles. The summed E-state index contributed by atoms with van der Waals surface area (Å²) in [5.74, 6) is -1.84. The number of carbonyl (C=O) groups excluding carboxylic acids is 2.